The van der Waals surface area contributed by atoms with Gasteiger partial charge in [-0.15, -0.1) is 0 Å². The molecule has 19 heavy (non-hydrogen) atoms. The Bertz CT molecular complexity index is 538. The van der Waals surface area contributed by atoms with Gasteiger partial charge in [0.2, 0.25) is 0 Å². The molecule has 2 heterocycles. The molecule has 0 amide bonds. The van der Waals surface area contributed by atoms with Crippen molar-refractivity contribution < 1.29 is 4.74 Å². The van der Waals surface area contributed by atoms with Crippen LogP contribution in [0.1, 0.15) is 37.1 Å². The van der Waals surface area contributed by atoms with Crippen LogP contribution in [0.15, 0.2) is 36.7 Å². The summed E-state index contributed by atoms with van der Waals surface area (Å²) in [6.07, 6.45) is 3.81. The molecule has 0 saturated heterocycles. The van der Waals surface area contributed by atoms with Crippen molar-refractivity contribution >= 4 is 0 Å². The topological polar surface area (TPSA) is 49.9 Å². The summed E-state index contributed by atoms with van der Waals surface area (Å²) in [5.74, 6) is 1.45. The number of benzene rings is 1. The largest absolute Gasteiger partial charge is 0.493 e. The lowest BCUT2D eigenvalue weighted by Gasteiger charge is -2.34. The lowest BCUT2D eigenvalue weighted by molar-refractivity contribution is 0.182. The van der Waals surface area contributed by atoms with Crippen molar-refractivity contribution in [2.75, 3.05) is 6.61 Å². The molecule has 0 bridgehead atoms. The van der Waals surface area contributed by atoms with E-state index in [2.05, 4.69) is 41.5 Å². The molecule has 100 valence electrons. The number of nitrogens with one attached hydrogen (secondary N) is 2. The first kappa shape index (κ1) is 12.2. The standard InChI is InChI=1S/C15H19N3O/c1-10-9-19-14-6-4-3-5-13(14)15(10)18-11(2)12-7-16-17-8-12/h3-8,10-11,15,18H,9H2,1-2H3,(H,16,17). The second kappa shape index (κ2) is 5.05. The Labute approximate surface area is 113 Å². The van der Waals surface area contributed by atoms with Gasteiger partial charge in [-0.3, -0.25) is 5.10 Å². The molecule has 3 rings (SSSR count). The molecular formula is C15H19N3O. The first-order valence-corrected chi connectivity index (χ1v) is 6.72. The summed E-state index contributed by atoms with van der Waals surface area (Å²) in [6.45, 7) is 5.14. The van der Waals surface area contributed by atoms with E-state index in [9.17, 15) is 0 Å². The summed E-state index contributed by atoms with van der Waals surface area (Å²) in [5.41, 5.74) is 2.42. The number of nitrogens with zero attached hydrogens (tertiary/aromatic N) is 1. The van der Waals surface area contributed by atoms with Crippen molar-refractivity contribution in [3.8, 4) is 5.75 Å². The van der Waals surface area contributed by atoms with Gasteiger partial charge in [0.05, 0.1) is 12.8 Å². The van der Waals surface area contributed by atoms with Crippen LogP contribution in [0.4, 0.5) is 0 Å². The van der Waals surface area contributed by atoms with Crippen LogP contribution in [0, 0.1) is 5.92 Å². The van der Waals surface area contributed by atoms with E-state index in [0.29, 0.717) is 12.0 Å². The molecule has 0 radical (unpaired) electrons. The lowest BCUT2D eigenvalue weighted by atomic mass is 9.91. The fraction of sp³-hybridized carbons (Fsp3) is 0.400. The predicted molar refractivity (Wildman–Crippen MR) is 74.0 cm³/mol. The third-order valence-corrected chi connectivity index (χ3v) is 3.77. The van der Waals surface area contributed by atoms with Crippen LogP contribution in [0.5, 0.6) is 5.75 Å². The zero-order valence-electron chi connectivity index (χ0n) is 11.3. The van der Waals surface area contributed by atoms with Crippen LogP contribution in [0.25, 0.3) is 0 Å². The average Bonchev–Trinajstić information content (AvgIpc) is 2.96. The highest BCUT2D eigenvalue weighted by molar-refractivity contribution is 5.38. The molecule has 0 fully saturated rings. The molecule has 3 unspecified atom stereocenters. The Kier molecular flexibility index (Phi) is 3.25. The maximum absolute atomic E-state index is 5.78. The summed E-state index contributed by atoms with van der Waals surface area (Å²) in [4.78, 5) is 0. The highest BCUT2D eigenvalue weighted by atomic mass is 16.5. The van der Waals surface area contributed by atoms with Gasteiger partial charge < -0.3 is 10.1 Å². The summed E-state index contributed by atoms with van der Waals surface area (Å²) >= 11 is 0. The van der Waals surface area contributed by atoms with E-state index in [1.807, 2.05) is 24.5 Å². The monoisotopic (exact) mass is 257 g/mol. The summed E-state index contributed by atoms with van der Waals surface area (Å²) in [6, 6.07) is 8.85. The van der Waals surface area contributed by atoms with Gasteiger partial charge in [-0.25, -0.2) is 0 Å². The molecule has 0 saturated carbocycles. The normalized spacial score (nSPS) is 23.5. The number of rotatable bonds is 3. The first-order chi connectivity index (χ1) is 9.25. The van der Waals surface area contributed by atoms with E-state index in [4.69, 9.17) is 4.74 Å². The maximum Gasteiger partial charge on any atom is 0.124 e. The molecule has 1 aliphatic heterocycles. The second-order valence-corrected chi connectivity index (χ2v) is 5.22. The van der Waals surface area contributed by atoms with Gasteiger partial charge in [-0.2, -0.15) is 5.10 Å². The van der Waals surface area contributed by atoms with E-state index >= 15 is 0 Å². The van der Waals surface area contributed by atoms with Crippen molar-refractivity contribution in [1.82, 2.24) is 15.5 Å². The predicted octanol–water partition coefficient (Wildman–Crippen LogP) is 2.83. The minimum Gasteiger partial charge on any atom is -0.493 e. The molecule has 4 heteroatoms. The van der Waals surface area contributed by atoms with Crippen molar-refractivity contribution in [2.24, 2.45) is 5.92 Å². The lowest BCUT2D eigenvalue weighted by Crippen LogP contribution is -2.35. The average molecular weight is 257 g/mol. The molecule has 1 aromatic heterocycles. The van der Waals surface area contributed by atoms with Crippen molar-refractivity contribution in [3.63, 3.8) is 0 Å². The number of ether oxygens (including phenoxy) is 1. The number of aromatic nitrogens is 2. The van der Waals surface area contributed by atoms with E-state index in [-0.39, 0.29) is 6.04 Å². The van der Waals surface area contributed by atoms with Crippen LogP contribution >= 0.6 is 0 Å². The molecule has 1 aromatic carbocycles. The summed E-state index contributed by atoms with van der Waals surface area (Å²) in [5, 5.41) is 10.6. The smallest absolute Gasteiger partial charge is 0.124 e. The van der Waals surface area contributed by atoms with E-state index < -0.39 is 0 Å². The number of hydrogen-bond acceptors (Lipinski definition) is 3. The summed E-state index contributed by atoms with van der Waals surface area (Å²) in [7, 11) is 0. The summed E-state index contributed by atoms with van der Waals surface area (Å²) < 4.78 is 5.78. The first-order valence-electron chi connectivity index (χ1n) is 6.72. The zero-order chi connectivity index (χ0) is 13.2. The molecule has 3 atom stereocenters. The number of fused-ring (bicyclic) bond motifs is 1. The van der Waals surface area contributed by atoms with Gasteiger partial charge in [0, 0.05) is 35.3 Å². The van der Waals surface area contributed by atoms with Crippen molar-refractivity contribution in [3.05, 3.63) is 47.8 Å². The minimum absolute atomic E-state index is 0.261. The van der Waals surface area contributed by atoms with Gasteiger partial charge in [0.25, 0.3) is 0 Å². The van der Waals surface area contributed by atoms with E-state index in [1.165, 1.54) is 11.1 Å². The molecule has 2 aromatic rings. The number of H-pyrrole nitrogens is 1. The Morgan fingerprint density at radius 1 is 1.42 bits per heavy atom. The zero-order valence-corrected chi connectivity index (χ0v) is 11.3. The van der Waals surface area contributed by atoms with Crippen molar-refractivity contribution in [2.45, 2.75) is 25.9 Å². The van der Waals surface area contributed by atoms with Gasteiger partial charge in [-0.05, 0) is 13.0 Å². The van der Waals surface area contributed by atoms with E-state index in [0.717, 1.165) is 12.4 Å². The second-order valence-electron chi connectivity index (χ2n) is 5.22. The number of aromatic amines is 1. The third-order valence-electron chi connectivity index (χ3n) is 3.77. The van der Waals surface area contributed by atoms with E-state index in [1.54, 1.807) is 0 Å². The Hall–Kier alpha value is -1.81. The van der Waals surface area contributed by atoms with Crippen molar-refractivity contribution in [1.29, 1.82) is 0 Å². The molecule has 2 N–H and O–H groups in total. The van der Waals surface area contributed by atoms with Gasteiger partial charge in [0.15, 0.2) is 0 Å². The van der Waals surface area contributed by atoms with Crippen LogP contribution in [-0.4, -0.2) is 16.8 Å². The van der Waals surface area contributed by atoms with Gasteiger partial charge in [0.1, 0.15) is 5.75 Å². The number of para-hydroxylation sites is 1. The Morgan fingerprint density at radius 3 is 3.05 bits per heavy atom. The highest BCUT2D eigenvalue weighted by Crippen LogP contribution is 2.36. The molecular weight excluding hydrogens is 238 g/mol. The fourth-order valence-corrected chi connectivity index (χ4v) is 2.61. The third kappa shape index (κ3) is 2.36. The fourth-order valence-electron chi connectivity index (χ4n) is 2.61. The highest BCUT2D eigenvalue weighted by Gasteiger charge is 2.28. The Morgan fingerprint density at radius 2 is 2.26 bits per heavy atom. The molecule has 4 nitrogen and oxygen atoms in total. The SMILES string of the molecule is CC(NC1c2ccccc2OCC1C)c1cn[nH]c1. The number of hydrogen-bond donors (Lipinski definition) is 2. The molecule has 0 aliphatic carbocycles. The quantitative estimate of drug-likeness (QED) is 0.889. The maximum atomic E-state index is 5.78. The van der Waals surface area contributed by atoms with Gasteiger partial charge in [-0.1, -0.05) is 25.1 Å². The van der Waals surface area contributed by atoms with Crippen LogP contribution < -0.4 is 10.1 Å². The Balaban J connectivity index is 1.84. The van der Waals surface area contributed by atoms with Gasteiger partial charge >= 0.3 is 0 Å². The minimum atomic E-state index is 0.261. The molecule has 1 aliphatic rings. The van der Waals surface area contributed by atoms with Crippen LogP contribution in [0.3, 0.4) is 0 Å². The van der Waals surface area contributed by atoms with Crippen LogP contribution in [-0.2, 0) is 0 Å². The molecule has 0 spiro atoms. The van der Waals surface area contributed by atoms with Crippen LogP contribution in [0.2, 0.25) is 0 Å².